The molecular formula is C10H6F3NS. The standard InChI is InChI=1S/C10H6F3NS/c1-5-4-15-10(14-5)9-7(12)2-6(11)3-8(9)13/h2-4H,1H3. The van der Waals surface area contributed by atoms with Crippen LogP contribution in [-0.4, -0.2) is 4.98 Å². The molecule has 2 rings (SSSR count). The highest BCUT2D eigenvalue weighted by atomic mass is 32.1. The zero-order chi connectivity index (χ0) is 11.0. The Morgan fingerprint density at radius 1 is 1.13 bits per heavy atom. The highest BCUT2D eigenvalue weighted by Gasteiger charge is 2.15. The van der Waals surface area contributed by atoms with Crippen LogP contribution in [-0.2, 0) is 0 Å². The smallest absolute Gasteiger partial charge is 0.139 e. The van der Waals surface area contributed by atoms with E-state index in [0.717, 1.165) is 11.3 Å². The van der Waals surface area contributed by atoms with Crippen LogP contribution >= 0.6 is 11.3 Å². The molecule has 0 radical (unpaired) electrons. The van der Waals surface area contributed by atoms with Gasteiger partial charge in [0, 0.05) is 23.2 Å². The van der Waals surface area contributed by atoms with Crippen molar-refractivity contribution in [2.24, 2.45) is 0 Å². The monoisotopic (exact) mass is 229 g/mol. The zero-order valence-electron chi connectivity index (χ0n) is 7.72. The molecular weight excluding hydrogens is 223 g/mol. The average Bonchev–Trinajstić information content (AvgIpc) is 2.49. The number of nitrogens with zero attached hydrogens (tertiary/aromatic N) is 1. The minimum atomic E-state index is -0.929. The summed E-state index contributed by atoms with van der Waals surface area (Å²) in [6, 6.07) is 1.30. The highest BCUT2D eigenvalue weighted by molar-refractivity contribution is 7.13. The van der Waals surface area contributed by atoms with Crippen LogP contribution in [0.15, 0.2) is 17.5 Å². The fraction of sp³-hybridized carbons (Fsp3) is 0.100. The predicted molar refractivity (Wildman–Crippen MR) is 52.2 cm³/mol. The van der Waals surface area contributed by atoms with Gasteiger partial charge < -0.3 is 0 Å². The molecule has 0 amide bonds. The number of halogens is 3. The molecule has 0 N–H and O–H groups in total. The van der Waals surface area contributed by atoms with E-state index in [2.05, 4.69) is 4.98 Å². The minimum Gasteiger partial charge on any atom is -0.241 e. The molecule has 0 fully saturated rings. The van der Waals surface area contributed by atoms with Crippen LogP contribution in [0.3, 0.4) is 0 Å². The fourth-order valence-electron chi connectivity index (χ4n) is 1.22. The molecule has 1 nitrogen and oxygen atoms in total. The van der Waals surface area contributed by atoms with E-state index in [1.165, 1.54) is 0 Å². The largest absolute Gasteiger partial charge is 0.241 e. The summed E-state index contributed by atoms with van der Waals surface area (Å²) in [5, 5.41) is 1.90. The van der Waals surface area contributed by atoms with E-state index in [1.54, 1.807) is 12.3 Å². The van der Waals surface area contributed by atoms with Crippen molar-refractivity contribution in [2.45, 2.75) is 6.92 Å². The first kappa shape index (κ1) is 10.2. The Kier molecular flexibility index (Phi) is 2.48. The van der Waals surface area contributed by atoms with E-state index in [9.17, 15) is 13.2 Å². The van der Waals surface area contributed by atoms with Crippen LogP contribution in [0.25, 0.3) is 10.6 Å². The van der Waals surface area contributed by atoms with Gasteiger partial charge in [0.25, 0.3) is 0 Å². The van der Waals surface area contributed by atoms with E-state index in [-0.39, 0.29) is 10.6 Å². The molecule has 1 aromatic heterocycles. The van der Waals surface area contributed by atoms with Gasteiger partial charge in [0.1, 0.15) is 22.5 Å². The van der Waals surface area contributed by atoms with Gasteiger partial charge in [-0.25, -0.2) is 18.2 Å². The first-order valence-electron chi connectivity index (χ1n) is 4.15. The first-order chi connectivity index (χ1) is 7.08. The molecule has 0 saturated carbocycles. The molecule has 2 aromatic rings. The van der Waals surface area contributed by atoms with Crippen molar-refractivity contribution >= 4 is 11.3 Å². The normalized spacial score (nSPS) is 10.7. The van der Waals surface area contributed by atoms with Crippen LogP contribution < -0.4 is 0 Å². The fourth-order valence-corrected chi connectivity index (χ4v) is 2.06. The third kappa shape index (κ3) is 1.87. The van der Waals surface area contributed by atoms with E-state index < -0.39 is 17.5 Å². The summed E-state index contributed by atoms with van der Waals surface area (Å²) in [7, 11) is 0. The molecule has 5 heteroatoms. The molecule has 0 spiro atoms. The van der Waals surface area contributed by atoms with Gasteiger partial charge in [0.2, 0.25) is 0 Å². The molecule has 0 aliphatic carbocycles. The van der Waals surface area contributed by atoms with Gasteiger partial charge in [0.15, 0.2) is 0 Å². The summed E-state index contributed by atoms with van der Waals surface area (Å²) in [4.78, 5) is 3.95. The van der Waals surface area contributed by atoms with Crippen molar-refractivity contribution in [1.29, 1.82) is 0 Å². The van der Waals surface area contributed by atoms with Gasteiger partial charge in [-0.05, 0) is 6.92 Å². The van der Waals surface area contributed by atoms with Crippen LogP contribution in [0, 0.1) is 24.4 Å². The lowest BCUT2D eigenvalue weighted by Crippen LogP contribution is -1.91. The molecule has 15 heavy (non-hydrogen) atoms. The van der Waals surface area contributed by atoms with Crippen molar-refractivity contribution in [3.8, 4) is 10.6 Å². The SMILES string of the molecule is Cc1csc(-c2c(F)cc(F)cc2F)n1. The van der Waals surface area contributed by atoms with Crippen LogP contribution in [0.2, 0.25) is 0 Å². The quantitative estimate of drug-likeness (QED) is 0.728. The number of hydrogen-bond donors (Lipinski definition) is 0. The van der Waals surface area contributed by atoms with Gasteiger partial charge >= 0.3 is 0 Å². The van der Waals surface area contributed by atoms with Gasteiger partial charge in [0.05, 0.1) is 5.56 Å². The second-order valence-electron chi connectivity index (χ2n) is 3.04. The van der Waals surface area contributed by atoms with E-state index >= 15 is 0 Å². The summed E-state index contributed by atoms with van der Waals surface area (Å²) in [6.45, 7) is 1.72. The number of benzene rings is 1. The second kappa shape index (κ2) is 3.66. The lowest BCUT2D eigenvalue weighted by Gasteiger charge is -2.01. The second-order valence-corrected chi connectivity index (χ2v) is 3.90. The third-order valence-corrected chi connectivity index (χ3v) is 2.82. The summed E-state index contributed by atoms with van der Waals surface area (Å²) < 4.78 is 39.2. The number of aromatic nitrogens is 1. The minimum absolute atomic E-state index is 0.225. The van der Waals surface area contributed by atoms with Crippen molar-refractivity contribution in [1.82, 2.24) is 4.98 Å². The van der Waals surface area contributed by atoms with Gasteiger partial charge in [-0.2, -0.15) is 0 Å². The molecule has 0 bridgehead atoms. The highest BCUT2D eigenvalue weighted by Crippen LogP contribution is 2.29. The Hall–Kier alpha value is -1.36. The molecule has 78 valence electrons. The van der Waals surface area contributed by atoms with Gasteiger partial charge in [-0.3, -0.25) is 0 Å². The van der Waals surface area contributed by atoms with Gasteiger partial charge in [-0.15, -0.1) is 11.3 Å². The summed E-state index contributed by atoms with van der Waals surface area (Å²) in [5.41, 5.74) is 0.410. The molecule has 0 atom stereocenters. The van der Waals surface area contributed by atoms with E-state index in [4.69, 9.17) is 0 Å². The lowest BCUT2D eigenvalue weighted by atomic mass is 10.2. The molecule has 0 saturated heterocycles. The maximum Gasteiger partial charge on any atom is 0.139 e. The molecule has 1 heterocycles. The lowest BCUT2D eigenvalue weighted by molar-refractivity contribution is 0.548. The molecule has 0 aliphatic heterocycles. The molecule has 0 aliphatic rings. The zero-order valence-corrected chi connectivity index (χ0v) is 8.54. The van der Waals surface area contributed by atoms with Crippen LogP contribution in [0.4, 0.5) is 13.2 Å². The maximum atomic E-state index is 13.3. The predicted octanol–water partition coefficient (Wildman–Crippen LogP) is 3.54. The van der Waals surface area contributed by atoms with Crippen molar-refractivity contribution in [3.63, 3.8) is 0 Å². The number of hydrogen-bond acceptors (Lipinski definition) is 2. The van der Waals surface area contributed by atoms with Crippen LogP contribution in [0.5, 0.6) is 0 Å². The third-order valence-electron chi connectivity index (χ3n) is 1.84. The average molecular weight is 229 g/mol. The Morgan fingerprint density at radius 3 is 2.20 bits per heavy atom. The Balaban J connectivity index is 2.62. The summed E-state index contributed by atoms with van der Waals surface area (Å²) in [5.74, 6) is -2.79. The van der Waals surface area contributed by atoms with Crippen molar-refractivity contribution < 1.29 is 13.2 Å². The Morgan fingerprint density at radius 2 is 1.73 bits per heavy atom. The molecule has 1 aromatic carbocycles. The van der Waals surface area contributed by atoms with Gasteiger partial charge in [-0.1, -0.05) is 0 Å². The maximum absolute atomic E-state index is 13.3. The number of rotatable bonds is 1. The van der Waals surface area contributed by atoms with E-state index in [1.807, 2.05) is 0 Å². The molecule has 0 unspecified atom stereocenters. The van der Waals surface area contributed by atoms with Crippen molar-refractivity contribution in [3.05, 3.63) is 40.7 Å². The topological polar surface area (TPSA) is 12.9 Å². The van der Waals surface area contributed by atoms with Crippen LogP contribution in [0.1, 0.15) is 5.69 Å². The summed E-state index contributed by atoms with van der Waals surface area (Å²) in [6.07, 6.45) is 0. The summed E-state index contributed by atoms with van der Waals surface area (Å²) >= 11 is 1.12. The Bertz CT molecular complexity index is 484. The van der Waals surface area contributed by atoms with Crippen molar-refractivity contribution in [2.75, 3.05) is 0 Å². The van der Waals surface area contributed by atoms with E-state index in [0.29, 0.717) is 17.8 Å². The first-order valence-corrected chi connectivity index (χ1v) is 5.03. The number of thiazole rings is 1. The Labute approximate surface area is 88.2 Å². The number of aryl methyl sites for hydroxylation is 1.